The van der Waals surface area contributed by atoms with Crippen LogP contribution in [0.1, 0.15) is 47.4 Å². The zero-order valence-electron chi connectivity index (χ0n) is 19.1. The molecule has 1 heterocycles. The molecule has 0 unspecified atom stereocenters. The van der Waals surface area contributed by atoms with Crippen molar-refractivity contribution in [3.05, 3.63) is 94.6 Å². The zero-order chi connectivity index (χ0) is 23.4. The van der Waals surface area contributed by atoms with E-state index in [0.717, 1.165) is 42.6 Å². The lowest BCUT2D eigenvalue weighted by atomic mass is 9.76. The number of piperidine rings is 1. The van der Waals surface area contributed by atoms with E-state index in [1.54, 1.807) is 6.07 Å². The fourth-order valence-electron chi connectivity index (χ4n) is 4.98. The molecule has 3 aromatic rings. The molecule has 5 heteroatoms. The fourth-order valence-corrected chi connectivity index (χ4v) is 4.98. The van der Waals surface area contributed by atoms with Crippen molar-refractivity contribution in [2.45, 2.75) is 38.5 Å². The van der Waals surface area contributed by atoms with E-state index in [0.29, 0.717) is 6.54 Å². The van der Waals surface area contributed by atoms with Gasteiger partial charge in [-0.2, -0.15) is 0 Å². The van der Waals surface area contributed by atoms with Crippen LogP contribution in [0, 0.1) is 18.6 Å². The van der Waals surface area contributed by atoms with Crippen LogP contribution in [0.5, 0.6) is 0 Å². The van der Waals surface area contributed by atoms with Gasteiger partial charge in [0.1, 0.15) is 0 Å². The number of hydrogen-bond donors (Lipinski definition) is 2. The SMILES string of the molecule is CC(=O)NCCc1ccccc1-c1ccc([C@H]2CNCC[C@@H]2c2ccc(F)c(F)c2)c(C)c1. The van der Waals surface area contributed by atoms with Crippen LogP contribution in [0.15, 0.2) is 60.7 Å². The van der Waals surface area contributed by atoms with E-state index in [2.05, 4.69) is 47.9 Å². The third-order valence-corrected chi connectivity index (χ3v) is 6.62. The van der Waals surface area contributed by atoms with Gasteiger partial charge >= 0.3 is 0 Å². The third-order valence-electron chi connectivity index (χ3n) is 6.62. The number of rotatable bonds is 6. The van der Waals surface area contributed by atoms with Gasteiger partial charge in [-0.15, -0.1) is 0 Å². The minimum Gasteiger partial charge on any atom is -0.356 e. The van der Waals surface area contributed by atoms with Gasteiger partial charge in [-0.25, -0.2) is 8.78 Å². The lowest BCUT2D eigenvalue weighted by Gasteiger charge is -2.34. The van der Waals surface area contributed by atoms with Crippen LogP contribution in [-0.4, -0.2) is 25.5 Å². The quantitative estimate of drug-likeness (QED) is 0.524. The zero-order valence-corrected chi connectivity index (χ0v) is 19.1. The van der Waals surface area contributed by atoms with Gasteiger partial charge in [0.05, 0.1) is 0 Å². The summed E-state index contributed by atoms with van der Waals surface area (Å²) in [6, 6.07) is 19.1. The van der Waals surface area contributed by atoms with Gasteiger partial charge in [-0.1, -0.05) is 48.5 Å². The van der Waals surface area contributed by atoms with Gasteiger partial charge in [-0.05, 0) is 77.7 Å². The Hall–Kier alpha value is -3.05. The molecule has 0 aliphatic carbocycles. The van der Waals surface area contributed by atoms with Crippen molar-refractivity contribution in [3.8, 4) is 11.1 Å². The smallest absolute Gasteiger partial charge is 0.216 e. The molecule has 33 heavy (non-hydrogen) atoms. The van der Waals surface area contributed by atoms with Gasteiger partial charge in [0.2, 0.25) is 5.91 Å². The molecule has 1 fully saturated rings. The second kappa shape index (κ2) is 10.3. The first-order valence-corrected chi connectivity index (χ1v) is 11.5. The number of halogens is 2. The number of carbonyl (C=O) groups is 1. The summed E-state index contributed by atoms with van der Waals surface area (Å²) in [6.07, 6.45) is 1.64. The summed E-state index contributed by atoms with van der Waals surface area (Å²) < 4.78 is 27.4. The molecule has 3 nitrogen and oxygen atoms in total. The molecule has 0 bridgehead atoms. The van der Waals surface area contributed by atoms with E-state index < -0.39 is 11.6 Å². The van der Waals surface area contributed by atoms with Crippen molar-refractivity contribution in [1.29, 1.82) is 0 Å². The Kier molecular flexibility index (Phi) is 7.19. The van der Waals surface area contributed by atoms with Crippen LogP contribution in [0.2, 0.25) is 0 Å². The maximum absolute atomic E-state index is 13.9. The molecule has 1 saturated heterocycles. The highest BCUT2D eigenvalue weighted by molar-refractivity contribution is 5.73. The average molecular weight is 449 g/mol. The molecule has 0 radical (unpaired) electrons. The highest BCUT2D eigenvalue weighted by Crippen LogP contribution is 2.40. The molecule has 2 atom stereocenters. The van der Waals surface area contributed by atoms with E-state index in [1.165, 1.54) is 35.7 Å². The molecule has 3 aromatic carbocycles. The van der Waals surface area contributed by atoms with Gasteiger partial charge in [0.15, 0.2) is 11.6 Å². The molecule has 0 aromatic heterocycles. The maximum atomic E-state index is 13.9. The van der Waals surface area contributed by atoms with Crippen LogP contribution in [0.4, 0.5) is 8.78 Å². The predicted molar refractivity (Wildman–Crippen MR) is 128 cm³/mol. The second-order valence-corrected chi connectivity index (χ2v) is 8.84. The van der Waals surface area contributed by atoms with E-state index in [-0.39, 0.29) is 17.7 Å². The molecule has 1 aliphatic heterocycles. The molecule has 1 amide bonds. The van der Waals surface area contributed by atoms with E-state index in [1.807, 2.05) is 12.1 Å². The lowest BCUT2D eigenvalue weighted by Crippen LogP contribution is -2.34. The maximum Gasteiger partial charge on any atom is 0.216 e. The summed E-state index contributed by atoms with van der Waals surface area (Å²) in [5, 5.41) is 6.34. The van der Waals surface area contributed by atoms with Crippen molar-refractivity contribution in [2.75, 3.05) is 19.6 Å². The highest BCUT2D eigenvalue weighted by Gasteiger charge is 2.29. The van der Waals surface area contributed by atoms with Crippen molar-refractivity contribution in [3.63, 3.8) is 0 Å². The van der Waals surface area contributed by atoms with Gasteiger partial charge in [0.25, 0.3) is 0 Å². The predicted octanol–water partition coefficient (Wildman–Crippen LogP) is 5.48. The Morgan fingerprint density at radius 3 is 2.61 bits per heavy atom. The molecule has 172 valence electrons. The Morgan fingerprint density at radius 1 is 1.03 bits per heavy atom. The largest absolute Gasteiger partial charge is 0.356 e. The summed E-state index contributed by atoms with van der Waals surface area (Å²) in [5.41, 5.74) is 6.77. The van der Waals surface area contributed by atoms with Gasteiger partial charge < -0.3 is 10.6 Å². The number of amides is 1. The van der Waals surface area contributed by atoms with Crippen molar-refractivity contribution in [1.82, 2.24) is 10.6 Å². The number of benzene rings is 3. The Labute approximate surface area is 194 Å². The Morgan fingerprint density at radius 2 is 1.85 bits per heavy atom. The summed E-state index contributed by atoms with van der Waals surface area (Å²) in [5.74, 6) is -1.29. The first kappa shape index (κ1) is 23.1. The molecule has 1 aliphatic rings. The van der Waals surface area contributed by atoms with E-state index in [9.17, 15) is 13.6 Å². The minimum atomic E-state index is -0.804. The Balaban J connectivity index is 1.62. The van der Waals surface area contributed by atoms with Crippen molar-refractivity contribution >= 4 is 5.91 Å². The van der Waals surface area contributed by atoms with Crippen LogP contribution >= 0.6 is 0 Å². The van der Waals surface area contributed by atoms with E-state index in [4.69, 9.17) is 0 Å². The first-order chi connectivity index (χ1) is 15.9. The minimum absolute atomic E-state index is 0.0237. The van der Waals surface area contributed by atoms with Crippen molar-refractivity contribution in [2.24, 2.45) is 0 Å². The summed E-state index contributed by atoms with van der Waals surface area (Å²) in [6.45, 7) is 5.92. The summed E-state index contributed by atoms with van der Waals surface area (Å²) in [7, 11) is 0. The van der Waals surface area contributed by atoms with Crippen LogP contribution < -0.4 is 10.6 Å². The normalized spacial score (nSPS) is 18.2. The third kappa shape index (κ3) is 5.31. The molecular weight excluding hydrogens is 418 g/mol. The average Bonchev–Trinajstić information content (AvgIpc) is 2.81. The topological polar surface area (TPSA) is 41.1 Å². The number of carbonyl (C=O) groups excluding carboxylic acids is 1. The van der Waals surface area contributed by atoms with E-state index >= 15 is 0 Å². The van der Waals surface area contributed by atoms with Gasteiger partial charge in [-0.3, -0.25) is 4.79 Å². The van der Waals surface area contributed by atoms with Crippen molar-refractivity contribution < 1.29 is 13.6 Å². The molecule has 2 N–H and O–H groups in total. The molecular formula is C28H30F2N2O. The standard InChI is InChI=1S/C28H30F2N2O/c1-18-15-21(24-6-4-3-5-20(24)11-14-32-19(2)33)7-9-23(18)26-17-31-13-12-25(26)22-8-10-27(29)28(30)16-22/h3-10,15-16,25-26,31H,11-14,17H2,1-2H3,(H,32,33)/t25-,26-/m1/s1. The Bertz CT molecular complexity index is 1140. The highest BCUT2D eigenvalue weighted by atomic mass is 19.2. The number of aryl methyl sites for hydroxylation is 1. The van der Waals surface area contributed by atoms with Gasteiger partial charge in [0, 0.05) is 25.9 Å². The molecule has 0 spiro atoms. The number of hydrogen-bond acceptors (Lipinski definition) is 2. The van der Waals surface area contributed by atoms with Crippen LogP contribution in [-0.2, 0) is 11.2 Å². The first-order valence-electron chi connectivity index (χ1n) is 11.5. The second-order valence-electron chi connectivity index (χ2n) is 8.84. The monoisotopic (exact) mass is 448 g/mol. The van der Waals surface area contributed by atoms with Crippen LogP contribution in [0.25, 0.3) is 11.1 Å². The fraction of sp³-hybridized carbons (Fsp3) is 0.321. The molecule has 0 saturated carbocycles. The molecule has 4 rings (SSSR count). The number of nitrogens with one attached hydrogen (secondary N) is 2. The van der Waals surface area contributed by atoms with Crippen LogP contribution in [0.3, 0.4) is 0 Å². The summed E-state index contributed by atoms with van der Waals surface area (Å²) >= 11 is 0. The summed E-state index contributed by atoms with van der Waals surface area (Å²) in [4.78, 5) is 11.2. The lowest BCUT2D eigenvalue weighted by molar-refractivity contribution is -0.118.